The highest BCUT2D eigenvalue weighted by molar-refractivity contribution is 5.81. The number of ketones is 1. The summed E-state index contributed by atoms with van der Waals surface area (Å²) in [4.78, 5) is 11.6. The van der Waals surface area contributed by atoms with E-state index in [1.807, 2.05) is 6.92 Å². The molecular weight excluding hydrogens is 178 g/mol. The lowest BCUT2D eigenvalue weighted by Crippen LogP contribution is -2.26. The third-order valence-electron chi connectivity index (χ3n) is 2.54. The number of hydrogen-bond acceptors (Lipinski definition) is 3. The minimum absolute atomic E-state index is 0.0466. The molecule has 0 bridgehead atoms. The molecule has 3 nitrogen and oxygen atoms in total. The van der Waals surface area contributed by atoms with Crippen LogP contribution in [0.3, 0.4) is 0 Å². The molecular formula is C11H23NO2. The maximum absolute atomic E-state index is 11.6. The molecule has 0 aliphatic carbocycles. The van der Waals surface area contributed by atoms with E-state index in [2.05, 4.69) is 20.8 Å². The van der Waals surface area contributed by atoms with E-state index < -0.39 is 0 Å². The van der Waals surface area contributed by atoms with E-state index in [-0.39, 0.29) is 17.1 Å². The number of nitrogens with two attached hydrogens (primary N) is 1. The van der Waals surface area contributed by atoms with E-state index in [0.29, 0.717) is 26.2 Å². The Kier molecular flexibility index (Phi) is 5.96. The van der Waals surface area contributed by atoms with Gasteiger partial charge in [0.25, 0.3) is 0 Å². The van der Waals surface area contributed by atoms with E-state index >= 15 is 0 Å². The van der Waals surface area contributed by atoms with Gasteiger partial charge in [-0.2, -0.15) is 0 Å². The van der Waals surface area contributed by atoms with Crippen molar-refractivity contribution in [3.05, 3.63) is 0 Å². The Morgan fingerprint density at radius 1 is 1.36 bits per heavy atom. The molecule has 0 fully saturated rings. The average Bonchev–Trinajstić information content (AvgIpc) is 2.09. The zero-order chi connectivity index (χ0) is 11.2. The summed E-state index contributed by atoms with van der Waals surface area (Å²) < 4.78 is 5.17. The zero-order valence-electron chi connectivity index (χ0n) is 9.80. The Labute approximate surface area is 87.0 Å². The molecule has 0 aromatic heterocycles. The molecule has 14 heavy (non-hydrogen) atoms. The second-order valence-electron chi connectivity index (χ2n) is 4.71. The molecule has 0 amide bonds. The van der Waals surface area contributed by atoms with Gasteiger partial charge in [-0.05, 0) is 5.41 Å². The minimum Gasteiger partial charge on any atom is -0.380 e. The number of carbonyl (C=O) groups excluding carboxylic acids is 1. The fraction of sp³-hybridized carbons (Fsp3) is 0.909. The van der Waals surface area contributed by atoms with Crippen LogP contribution in [0.1, 0.15) is 34.1 Å². The van der Waals surface area contributed by atoms with Crippen LogP contribution in [0.5, 0.6) is 0 Å². The number of rotatable bonds is 6. The number of hydrogen-bond donors (Lipinski definition) is 1. The van der Waals surface area contributed by atoms with Gasteiger partial charge in [0.1, 0.15) is 5.78 Å². The van der Waals surface area contributed by atoms with Gasteiger partial charge in [0, 0.05) is 18.9 Å². The summed E-state index contributed by atoms with van der Waals surface area (Å²) in [5.41, 5.74) is 5.31. The molecule has 0 radical (unpaired) electrons. The normalized spacial score (nSPS) is 14.1. The van der Waals surface area contributed by atoms with Crippen molar-refractivity contribution in [3.63, 3.8) is 0 Å². The van der Waals surface area contributed by atoms with E-state index in [1.165, 1.54) is 0 Å². The fourth-order valence-corrected chi connectivity index (χ4v) is 1.06. The maximum atomic E-state index is 11.6. The Morgan fingerprint density at radius 3 is 2.36 bits per heavy atom. The van der Waals surface area contributed by atoms with Crippen molar-refractivity contribution in [2.75, 3.05) is 19.8 Å². The van der Waals surface area contributed by atoms with Crippen LogP contribution in [0, 0.1) is 11.3 Å². The maximum Gasteiger partial charge on any atom is 0.138 e. The first-order chi connectivity index (χ1) is 6.39. The molecule has 0 aliphatic rings. The molecule has 1 atom stereocenters. The quantitative estimate of drug-likeness (QED) is 0.664. The monoisotopic (exact) mass is 201 g/mol. The van der Waals surface area contributed by atoms with Crippen LogP contribution in [0.15, 0.2) is 0 Å². The predicted octanol–water partition coefficient (Wildman–Crippen LogP) is 1.60. The van der Waals surface area contributed by atoms with E-state index in [0.717, 1.165) is 0 Å². The van der Waals surface area contributed by atoms with Gasteiger partial charge >= 0.3 is 0 Å². The molecule has 0 aromatic rings. The van der Waals surface area contributed by atoms with Crippen molar-refractivity contribution in [2.45, 2.75) is 34.1 Å². The van der Waals surface area contributed by atoms with E-state index in [4.69, 9.17) is 10.5 Å². The lowest BCUT2D eigenvalue weighted by atomic mass is 9.79. The Balaban J connectivity index is 3.74. The van der Waals surface area contributed by atoms with Crippen molar-refractivity contribution in [1.29, 1.82) is 0 Å². The first-order valence-corrected chi connectivity index (χ1v) is 5.20. The summed E-state index contributed by atoms with van der Waals surface area (Å²) in [6.45, 7) is 9.77. The topological polar surface area (TPSA) is 52.3 Å². The van der Waals surface area contributed by atoms with Crippen molar-refractivity contribution in [3.8, 4) is 0 Å². The third kappa shape index (κ3) is 5.35. The highest BCUT2D eigenvalue weighted by atomic mass is 16.5. The molecule has 0 saturated heterocycles. The highest BCUT2D eigenvalue weighted by Gasteiger charge is 2.25. The number of ether oxygens (including phenoxy) is 1. The summed E-state index contributed by atoms with van der Waals surface area (Å²) >= 11 is 0. The van der Waals surface area contributed by atoms with Gasteiger partial charge in [0.05, 0.1) is 13.2 Å². The second-order valence-corrected chi connectivity index (χ2v) is 4.71. The first-order valence-electron chi connectivity index (χ1n) is 5.20. The molecule has 0 saturated carbocycles. The molecule has 0 aromatic carbocycles. The average molecular weight is 201 g/mol. The molecule has 0 rings (SSSR count). The van der Waals surface area contributed by atoms with Crippen LogP contribution >= 0.6 is 0 Å². The second kappa shape index (κ2) is 6.14. The van der Waals surface area contributed by atoms with Gasteiger partial charge in [-0.15, -0.1) is 0 Å². The Bertz CT molecular complexity index is 173. The summed E-state index contributed by atoms with van der Waals surface area (Å²) in [6, 6.07) is 0. The molecule has 0 spiro atoms. The summed E-state index contributed by atoms with van der Waals surface area (Å²) in [5, 5.41) is 0. The smallest absolute Gasteiger partial charge is 0.138 e. The molecule has 0 heterocycles. The standard InChI is InChI=1S/C11H23NO2/c1-9(11(2,3)4)10(13)5-7-14-8-6-12/h9H,5-8,12H2,1-4H3. The Morgan fingerprint density at radius 2 is 1.93 bits per heavy atom. The van der Waals surface area contributed by atoms with Gasteiger partial charge in [-0.25, -0.2) is 0 Å². The zero-order valence-corrected chi connectivity index (χ0v) is 9.80. The van der Waals surface area contributed by atoms with Gasteiger partial charge in [-0.3, -0.25) is 4.79 Å². The van der Waals surface area contributed by atoms with E-state index in [1.54, 1.807) is 0 Å². The van der Waals surface area contributed by atoms with Crippen molar-refractivity contribution >= 4 is 5.78 Å². The molecule has 84 valence electrons. The van der Waals surface area contributed by atoms with Gasteiger partial charge in [0.15, 0.2) is 0 Å². The fourth-order valence-electron chi connectivity index (χ4n) is 1.06. The summed E-state index contributed by atoms with van der Waals surface area (Å²) in [5.74, 6) is 0.360. The largest absolute Gasteiger partial charge is 0.380 e. The molecule has 0 aliphatic heterocycles. The van der Waals surface area contributed by atoms with Gasteiger partial charge in [-0.1, -0.05) is 27.7 Å². The summed E-state index contributed by atoms with van der Waals surface area (Å²) in [6.07, 6.45) is 0.498. The van der Waals surface area contributed by atoms with Crippen LogP contribution < -0.4 is 5.73 Å². The number of carbonyl (C=O) groups is 1. The van der Waals surface area contributed by atoms with Gasteiger partial charge in [0.2, 0.25) is 0 Å². The Hall–Kier alpha value is -0.410. The van der Waals surface area contributed by atoms with Crippen molar-refractivity contribution in [1.82, 2.24) is 0 Å². The lowest BCUT2D eigenvalue weighted by Gasteiger charge is -2.25. The molecule has 2 N–H and O–H groups in total. The minimum atomic E-state index is 0.0466. The van der Waals surface area contributed by atoms with Crippen LogP contribution in [-0.2, 0) is 9.53 Å². The van der Waals surface area contributed by atoms with Crippen LogP contribution in [-0.4, -0.2) is 25.5 Å². The predicted molar refractivity (Wildman–Crippen MR) is 58.1 cm³/mol. The lowest BCUT2D eigenvalue weighted by molar-refractivity contribution is -0.126. The highest BCUT2D eigenvalue weighted by Crippen LogP contribution is 2.26. The molecule has 1 unspecified atom stereocenters. The van der Waals surface area contributed by atoms with Crippen LogP contribution in [0.25, 0.3) is 0 Å². The van der Waals surface area contributed by atoms with Gasteiger partial charge < -0.3 is 10.5 Å². The third-order valence-corrected chi connectivity index (χ3v) is 2.54. The number of Topliss-reactive ketones (excluding diaryl/α,β-unsaturated/α-hetero) is 1. The first kappa shape index (κ1) is 13.6. The van der Waals surface area contributed by atoms with Crippen LogP contribution in [0.4, 0.5) is 0 Å². The molecule has 3 heteroatoms. The van der Waals surface area contributed by atoms with Crippen molar-refractivity contribution in [2.24, 2.45) is 17.1 Å². The van der Waals surface area contributed by atoms with Crippen molar-refractivity contribution < 1.29 is 9.53 Å². The SMILES string of the molecule is CC(C(=O)CCOCCN)C(C)(C)C. The van der Waals surface area contributed by atoms with Crippen LogP contribution in [0.2, 0.25) is 0 Å². The van der Waals surface area contributed by atoms with E-state index in [9.17, 15) is 4.79 Å². The summed E-state index contributed by atoms with van der Waals surface area (Å²) in [7, 11) is 0.